The fourth-order valence-electron chi connectivity index (χ4n) is 0. The molecular formula is C2H13O14P3. The van der Waals surface area contributed by atoms with Crippen LogP contribution in [0.2, 0.25) is 0 Å². The van der Waals surface area contributed by atoms with E-state index in [1.807, 2.05) is 0 Å². The van der Waals surface area contributed by atoms with E-state index in [9.17, 15) is 0 Å². The molecule has 0 rings (SSSR count). The first-order chi connectivity index (χ1) is 7.73. The summed E-state index contributed by atoms with van der Waals surface area (Å²) < 4.78 is 26.6. The third-order valence-corrected chi connectivity index (χ3v) is 0. The maximum Gasteiger partial charge on any atom is 0.466 e. The highest BCUT2D eigenvalue weighted by molar-refractivity contribution is 7.45. The van der Waals surface area contributed by atoms with E-state index in [0.29, 0.717) is 0 Å². The van der Waals surface area contributed by atoms with E-state index in [4.69, 9.17) is 67.6 Å². The average molecular weight is 354 g/mol. The van der Waals surface area contributed by atoms with Crippen LogP contribution in [0.15, 0.2) is 0 Å². The zero-order valence-electron chi connectivity index (χ0n) is 8.95. The van der Waals surface area contributed by atoms with Crippen LogP contribution in [0, 0.1) is 0 Å². The van der Waals surface area contributed by atoms with Crippen molar-refractivity contribution in [1.29, 1.82) is 0 Å². The highest BCUT2D eigenvalue weighted by Crippen LogP contribution is 2.26. The van der Waals surface area contributed by atoms with Crippen molar-refractivity contribution >= 4 is 29.4 Å². The molecule has 17 heteroatoms. The second kappa shape index (κ2) is 11.6. The minimum absolute atomic E-state index is 0.833. The lowest BCUT2D eigenvalue weighted by Crippen LogP contribution is -1.78. The number of carboxylic acid groups (broad SMARTS) is 1. The Morgan fingerprint density at radius 1 is 0.632 bits per heavy atom. The molecule has 0 amide bonds. The van der Waals surface area contributed by atoms with Crippen LogP contribution in [0.1, 0.15) is 6.92 Å². The summed E-state index contributed by atoms with van der Waals surface area (Å²) in [5.74, 6) is -0.833. The van der Waals surface area contributed by atoms with Gasteiger partial charge in [-0.25, -0.2) is 13.7 Å². The van der Waals surface area contributed by atoms with Gasteiger partial charge >= 0.3 is 23.5 Å². The van der Waals surface area contributed by atoms with Crippen molar-refractivity contribution in [3.63, 3.8) is 0 Å². The molecule has 0 bridgehead atoms. The molecule has 0 aromatic carbocycles. The van der Waals surface area contributed by atoms with Gasteiger partial charge in [0.1, 0.15) is 0 Å². The number of carboxylic acids is 1. The van der Waals surface area contributed by atoms with Crippen molar-refractivity contribution in [2.45, 2.75) is 6.92 Å². The van der Waals surface area contributed by atoms with Crippen LogP contribution < -0.4 is 0 Å². The predicted octanol–water partition coefficient (Wildman–Crippen LogP) is -2.69. The van der Waals surface area contributed by atoms with Gasteiger partial charge in [-0.3, -0.25) is 4.79 Å². The Bertz CT molecular complexity index is 277. The number of hydrogen-bond donors (Lipinski definition) is 10. The molecule has 10 N–H and O–H groups in total. The summed E-state index contributed by atoms with van der Waals surface area (Å²) in [7, 11) is -13.9. The van der Waals surface area contributed by atoms with Crippen LogP contribution in [-0.4, -0.2) is 55.1 Å². The first-order valence-electron chi connectivity index (χ1n) is 3.28. The van der Waals surface area contributed by atoms with Crippen molar-refractivity contribution < 1.29 is 67.6 Å². The molecule has 0 heterocycles. The van der Waals surface area contributed by atoms with Gasteiger partial charge in [0.05, 0.1) is 0 Å². The molecule has 0 unspecified atom stereocenters. The summed E-state index contributed by atoms with van der Waals surface area (Å²) in [6.07, 6.45) is 0. The first kappa shape index (κ1) is 27.2. The van der Waals surface area contributed by atoms with Gasteiger partial charge in [0.2, 0.25) is 0 Å². The number of hydrogen-bond acceptors (Lipinski definition) is 4. The highest BCUT2D eigenvalue weighted by atomic mass is 31.2. The second-order valence-corrected chi connectivity index (χ2v) is 5.14. The van der Waals surface area contributed by atoms with Crippen molar-refractivity contribution in [2.75, 3.05) is 0 Å². The maximum atomic E-state index is 9.00. The van der Waals surface area contributed by atoms with Crippen LogP contribution in [0.25, 0.3) is 0 Å². The van der Waals surface area contributed by atoms with Crippen molar-refractivity contribution in [3.8, 4) is 0 Å². The van der Waals surface area contributed by atoms with E-state index in [1.54, 1.807) is 0 Å². The molecule has 0 aliphatic rings. The van der Waals surface area contributed by atoms with E-state index in [2.05, 4.69) is 0 Å². The molecule has 0 aromatic heterocycles. The van der Waals surface area contributed by atoms with Crippen molar-refractivity contribution in [1.82, 2.24) is 0 Å². The molecule has 120 valence electrons. The Kier molecular flexibility index (Phi) is 16.6. The summed E-state index contributed by atoms with van der Waals surface area (Å²) in [6, 6.07) is 0. The average Bonchev–Trinajstić information content (AvgIpc) is 1.66. The third-order valence-electron chi connectivity index (χ3n) is 0. The van der Waals surface area contributed by atoms with Gasteiger partial charge in [-0.15, -0.1) is 0 Å². The maximum absolute atomic E-state index is 9.00. The van der Waals surface area contributed by atoms with E-state index in [1.165, 1.54) is 0 Å². The molecule has 19 heavy (non-hydrogen) atoms. The molecule has 0 aliphatic heterocycles. The van der Waals surface area contributed by atoms with Gasteiger partial charge in [-0.05, 0) is 0 Å². The largest absolute Gasteiger partial charge is 0.481 e. The van der Waals surface area contributed by atoms with Gasteiger partial charge in [0.25, 0.3) is 5.97 Å². The minimum Gasteiger partial charge on any atom is -0.481 e. The zero-order chi connectivity index (χ0) is 17.1. The molecule has 0 spiro atoms. The summed E-state index contributed by atoms with van der Waals surface area (Å²) in [4.78, 5) is 73.7. The quantitative estimate of drug-likeness (QED) is 0.198. The molecule has 0 aromatic rings. The smallest absolute Gasteiger partial charge is 0.466 e. The normalized spacial score (nSPS) is 10.6. The van der Waals surface area contributed by atoms with Gasteiger partial charge < -0.3 is 49.1 Å². The SMILES string of the molecule is CC(=O)O.O=P(O)(O)O.O=P(O)(O)O.O=P(O)(O)O. The zero-order valence-corrected chi connectivity index (χ0v) is 11.6. The minimum atomic E-state index is -4.64. The Hall–Kier alpha value is -0.200. The standard InChI is InChI=1S/C2H4O2.3H3O4P/c1-2(3)4;3*1-5(2,3)4/h1H3,(H,3,4);3*(H3,1,2,3,4). The molecule has 0 saturated heterocycles. The summed E-state index contributed by atoms with van der Waals surface area (Å²) in [5.41, 5.74) is 0. The van der Waals surface area contributed by atoms with E-state index in [0.717, 1.165) is 6.92 Å². The Labute approximate surface area is 105 Å². The molecule has 0 aliphatic carbocycles. The van der Waals surface area contributed by atoms with Gasteiger partial charge in [0, 0.05) is 6.92 Å². The number of phosphoric acid groups is 3. The molecular weight excluding hydrogens is 341 g/mol. The number of rotatable bonds is 0. The summed E-state index contributed by atoms with van der Waals surface area (Å²) in [6.45, 7) is 1.08. The fraction of sp³-hybridized carbons (Fsp3) is 0.500. The summed E-state index contributed by atoms with van der Waals surface area (Å²) in [5, 5.41) is 7.42. The lowest BCUT2D eigenvalue weighted by atomic mass is 10.9. The Balaban J connectivity index is -0.0000000793. The topological polar surface area (TPSA) is 271 Å². The lowest BCUT2D eigenvalue weighted by Gasteiger charge is -1.82. The van der Waals surface area contributed by atoms with Crippen LogP contribution in [0.4, 0.5) is 0 Å². The molecule has 0 saturated carbocycles. The van der Waals surface area contributed by atoms with Crippen molar-refractivity contribution in [3.05, 3.63) is 0 Å². The Morgan fingerprint density at radius 3 is 0.632 bits per heavy atom. The third kappa shape index (κ3) is 111000. The number of aliphatic carboxylic acids is 1. The number of carbonyl (C=O) groups is 1. The lowest BCUT2D eigenvalue weighted by molar-refractivity contribution is -0.134. The summed E-state index contributed by atoms with van der Waals surface area (Å²) >= 11 is 0. The van der Waals surface area contributed by atoms with Crippen LogP contribution >= 0.6 is 23.5 Å². The van der Waals surface area contributed by atoms with Gasteiger partial charge in [-0.1, -0.05) is 0 Å². The van der Waals surface area contributed by atoms with E-state index >= 15 is 0 Å². The van der Waals surface area contributed by atoms with Crippen LogP contribution in [0.5, 0.6) is 0 Å². The molecule has 14 nitrogen and oxygen atoms in total. The molecule has 0 atom stereocenters. The molecule has 0 radical (unpaired) electrons. The van der Waals surface area contributed by atoms with Gasteiger partial charge in [0.15, 0.2) is 0 Å². The second-order valence-electron chi connectivity index (χ2n) is 2.06. The monoisotopic (exact) mass is 354 g/mol. The van der Waals surface area contributed by atoms with E-state index in [-0.39, 0.29) is 0 Å². The highest BCUT2D eigenvalue weighted by Gasteiger charge is 2.01. The fourth-order valence-corrected chi connectivity index (χ4v) is 0. The Morgan fingerprint density at radius 2 is 0.632 bits per heavy atom. The van der Waals surface area contributed by atoms with Crippen molar-refractivity contribution in [2.24, 2.45) is 0 Å². The van der Waals surface area contributed by atoms with Gasteiger partial charge in [-0.2, -0.15) is 0 Å². The van der Waals surface area contributed by atoms with Crippen LogP contribution in [0.3, 0.4) is 0 Å². The first-order valence-corrected chi connectivity index (χ1v) is 7.97. The molecule has 0 fully saturated rings. The predicted molar refractivity (Wildman–Crippen MR) is 56.1 cm³/mol. The van der Waals surface area contributed by atoms with E-state index < -0.39 is 29.4 Å². The van der Waals surface area contributed by atoms with Crippen LogP contribution in [-0.2, 0) is 18.5 Å².